The van der Waals surface area contributed by atoms with Crippen LogP contribution in [-0.2, 0) is 22.6 Å². The Balaban J connectivity index is 2.17. The summed E-state index contributed by atoms with van der Waals surface area (Å²) in [5.41, 5.74) is 2.03. The van der Waals surface area contributed by atoms with Gasteiger partial charge in [0, 0.05) is 13.1 Å². The molecule has 2 aromatic rings. The molecule has 0 aliphatic carbocycles. The molecule has 0 aromatic heterocycles. The van der Waals surface area contributed by atoms with E-state index < -0.39 is 17.6 Å². The first-order valence-electron chi connectivity index (χ1n) is 8.37. The average Bonchev–Trinajstić information content (AvgIpc) is 2.62. The predicted octanol–water partition coefficient (Wildman–Crippen LogP) is 3.33. The summed E-state index contributed by atoms with van der Waals surface area (Å²) in [6.07, 6.45) is -0.202. The summed E-state index contributed by atoms with van der Waals surface area (Å²) in [7, 11) is 1.54. The van der Waals surface area contributed by atoms with Gasteiger partial charge in [-0.05, 0) is 41.8 Å². The maximum atomic E-state index is 13.4. The Labute approximate surface area is 156 Å². The lowest BCUT2D eigenvalue weighted by Crippen LogP contribution is -2.33. The van der Waals surface area contributed by atoms with Gasteiger partial charge in [0.15, 0.2) is 11.6 Å². The van der Waals surface area contributed by atoms with Gasteiger partial charge in [-0.25, -0.2) is 8.78 Å². The number of rotatable bonds is 8. The molecule has 0 radical (unpaired) electrons. The zero-order valence-corrected chi connectivity index (χ0v) is 15.2. The quantitative estimate of drug-likeness (QED) is 0.766. The number of carboxylic acids is 1. The van der Waals surface area contributed by atoms with Gasteiger partial charge in [0.25, 0.3) is 0 Å². The van der Waals surface area contributed by atoms with Crippen molar-refractivity contribution < 1.29 is 28.2 Å². The molecule has 0 fully saturated rings. The zero-order chi connectivity index (χ0) is 20.0. The minimum atomic E-state index is -1.05. The molecular formula is C20H21F2NO4. The second-order valence-electron chi connectivity index (χ2n) is 6.19. The number of ether oxygens (including phenoxy) is 1. The minimum Gasteiger partial charge on any atom is -0.496 e. The predicted molar refractivity (Wildman–Crippen MR) is 95.5 cm³/mol. The van der Waals surface area contributed by atoms with Gasteiger partial charge in [-0.2, -0.15) is 0 Å². The first-order valence-corrected chi connectivity index (χ1v) is 8.37. The molecule has 144 valence electrons. The Morgan fingerprint density at radius 3 is 2.41 bits per heavy atom. The number of hydrogen-bond acceptors (Lipinski definition) is 3. The Bertz CT molecular complexity index is 839. The standard InChI is InChI=1S/C20H21F2NO4/c1-13-3-4-14(10-18(13)27-2)11-19(24)23(8-7-20(25)26)12-15-5-6-16(21)17(22)9-15/h3-6,9-10H,7-8,11-12H2,1-2H3,(H,25,26). The lowest BCUT2D eigenvalue weighted by molar-refractivity contribution is -0.138. The second-order valence-corrected chi connectivity index (χ2v) is 6.19. The van der Waals surface area contributed by atoms with Crippen LogP contribution in [0.1, 0.15) is 23.1 Å². The van der Waals surface area contributed by atoms with Gasteiger partial charge in [0.1, 0.15) is 5.75 Å². The number of halogens is 2. The molecule has 0 saturated carbocycles. The number of aliphatic carboxylic acids is 1. The van der Waals surface area contributed by atoms with Crippen LogP contribution in [-0.4, -0.2) is 35.5 Å². The highest BCUT2D eigenvalue weighted by Gasteiger charge is 2.17. The molecule has 0 aliphatic heterocycles. The fourth-order valence-corrected chi connectivity index (χ4v) is 2.64. The van der Waals surface area contributed by atoms with E-state index in [1.807, 2.05) is 13.0 Å². The fourth-order valence-electron chi connectivity index (χ4n) is 2.64. The number of carbonyl (C=O) groups is 2. The topological polar surface area (TPSA) is 66.8 Å². The van der Waals surface area contributed by atoms with Gasteiger partial charge in [0.05, 0.1) is 20.0 Å². The third kappa shape index (κ3) is 5.77. The van der Waals surface area contributed by atoms with E-state index in [2.05, 4.69) is 0 Å². The Morgan fingerprint density at radius 2 is 1.78 bits per heavy atom. The molecule has 0 unspecified atom stereocenters. The van der Waals surface area contributed by atoms with Crippen LogP contribution in [0.15, 0.2) is 36.4 Å². The van der Waals surface area contributed by atoms with Crippen molar-refractivity contribution in [3.63, 3.8) is 0 Å². The first-order chi connectivity index (χ1) is 12.8. The van der Waals surface area contributed by atoms with E-state index in [0.29, 0.717) is 16.9 Å². The molecule has 7 heteroatoms. The lowest BCUT2D eigenvalue weighted by atomic mass is 10.1. The summed E-state index contributed by atoms with van der Waals surface area (Å²) >= 11 is 0. The first kappa shape index (κ1) is 20.4. The molecule has 1 N–H and O–H groups in total. The summed E-state index contributed by atoms with van der Waals surface area (Å²) in [5.74, 6) is -2.70. The largest absolute Gasteiger partial charge is 0.496 e. The van der Waals surface area contributed by atoms with Gasteiger partial charge in [-0.15, -0.1) is 0 Å². The lowest BCUT2D eigenvalue weighted by Gasteiger charge is -2.22. The number of aryl methyl sites for hydroxylation is 1. The van der Waals surface area contributed by atoms with Crippen LogP contribution in [0, 0.1) is 18.6 Å². The van der Waals surface area contributed by atoms with Gasteiger partial charge in [-0.3, -0.25) is 9.59 Å². The van der Waals surface area contributed by atoms with E-state index in [4.69, 9.17) is 9.84 Å². The molecule has 5 nitrogen and oxygen atoms in total. The van der Waals surface area contributed by atoms with Crippen molar-refractivity contribution in [1.29, 1.82) is 0 Å². The SMILES string of the molecule is COc1cc(CC(=O)N(CCC(=O)O)Cc2ccc(F)c(F)c2)ccc1C. The highest BCUT2D eigenvalue weighted by Crippen LogP contribution is 2.20. The Hall–Kier alpha value is -2.96. The summed E-state index contributed by atoms with van der Waals surface area (Å²) < 4.78 is 31.8. The molecule has 0 saturated heterocycles. The van der Waals surface area contributed by atoms with E-state index in [9.17, 15) is 18.4 Å². The van der Waals surface area contributed by atoms with Crippen molar-refractivity contribution in [2.75, 3.05) is 13.7 Å². The van der Waals surface area contributed by atoms with Gasteiger partial charge in [-0.1, -0.05) is 18.2 Å². The van der Waals surface area contributed by atoms with E-state index in [1.54, 1.807) is 12.1 Å². The minimum absolute atomic E-state index is 0.00763. The molecule has 0 atom stereocenters. The number of amides is 1. The number of nitrogens with zero attached hydrogens (tertiary/aromatic N) is 1. The summed E-state index contributed by atoms with van der Waals surface area (Å²) in [6.45, 7) is 1.84. The summed E-state index contributed by atoms with van der Waals surface area (Å²) in [5, 5.41) is 8.92. The van der Waals surface area contributed by atoms with Crippen LogP contribution in [0.4, 0.5) is 8.78 Å². The van der Waals surface area contributed by atoms with Gasteiger partial charge >= 0.3 is 5.97 Å². The molecule has 0 aliphatic rings. The smallest absolute Gasteiger partial charge is 0.305 e. The molecule has 0 spiro atoms. The molecule has 2 rings (SSSR count). The van der Waals surface area contributed by atoms with Crippen LogP contribution in [0.3, 0.4) is 0 Å². The summed E-state index contributed by atoms with van der Waals surface area (Å²) in [6, 6.07) is 8.73. The molecule has 0 heterocycles. The number of hydrogen-bond donors (Lipinski definition) is 1. The summed E-state index contributed by atoms with van der Waals surface area (Å²) in [4.78, 5) is 24.9. The van der Waals surface area contributed by atoms with E-state index >= 15 is 0 Å². The molecular weight excluding hydrogens is 356 g/mol. The fraction of sp³-hybridized carbons (Fsp3) is 0.300. The molecule has 2 aromatic carbocycles. The van der Waals surface area contributed by atoms with Crippen molar-refractivity contribution >= 4 is 11.9 Å². The molecule has 0 bridgehead atoms. The van der Waals surface area contributed by atoms with Crippen molar-refractivity contribution in [3.8, 4) is 5.75 Å². The normalized spacial score (nSPS) is 10.5. The van der Waals surface area contributed by atoms with E-state index in [-0.39, 0.29) is 31.8 Å². The van der Waals surface area contributed by atoms with Crippen molar-refractivity contribution in [1.82, 2.24) is 4.90 Å². The Morgan fingerprint density at radius 1 is 1.07 bits per heavy atom. The van der Waals surface area contributed by atoms with Crippen LogP contribution in [0.2, 0.25) is 0 Å². The maximum Gasteiger partial charge on any atom is 0.305 e. The second kappa shape index (κ2) is 9.12. The van der Waals surface area contributed by atoms with Crippen LogP contribution in [0.25, 0.3) is 0 Å². The van der Waals surface area contributed by atoms with Crippen molar-refractivity contribution in [2.45, 2.75) is 26.3 Å². The van der Waals surface area contributed by atoms with Crippen LogP contribution < -0.4 is 4.74 Å². The Kier molecular flexibility index (Phi) is 6.87. The number of methoxy groups -OCH3 is 1. The maximum absolute atomic E-state index is 13.4. The van der Waals surface area contributed by atoms with Gasteiger partial charge in [0.2, 0.25) is 5.91 Å². The molecule has 27 heavy (non-hydrogen) atoms. The number of carbonyl (C=O) groups excluding carboxylic acids is 1. The monoisotopic (exact) mass is 377 g/mol. The van der Waals surface area contributed by atoms with Gasteiger partial charge < -0.3 is 14.7 Å². The number of carboxylic acid groups (broad SMARTS) is 1. The third-order valence-electron chi connectivity index (χ3n) is 4.13. The van der Waals surface area contributed by atoms with E-state index in [0.717, 1.165) is 17.7 Å². The highest BCUT2D eigenvalue weighted by atomic mass is 19.2. The number of benzene rings is 2. The zero-order valence-electron chi connectivity index (χ0n) is 15.2. The highest BCUT2D eigenvalue weighted by molar-refractivity contribution is 5.79. The van der Waals surface area contributed by atoms with Crippen LogP contribution in [0.5, 0.6) is 5.75 Å². The molecule has 1 amide bonds. The van der Waals surface area contributed by atoms with Crippen molar-refractivity contribution in [2.24, 2.45) is 0 Å². The third-order valence-corrected chi connectivity index (χ3v) is 4.13. The van der Waals surface area contributed by atoms with E-state index in [1.165, 1.54) is 18.1 Å². The average molecular weight is 377 g/mol. The van der Waals surface area contributed by atoms with Crippen molar-refractivity contribution in [3.05, 3.63) is 64.7 Å². The van der Waals surface area contributed by atoms with Crippen LogP contribution >= 0.6 is 0 Å².